The summed E-state index contributed by atoms with van der Waals surface area (Å²) >= 11 is 0. The molecule has 1 unspecified atom stereocenters. The van der Waals surface area contributed by atoms with Crippen LogP contribution in [0.5, 0.6) is 0 Å². The van der Waals surface area contributed by atoms with E-state index in [1.165, 1.54) is 0 Å². The fraction of sp³-hybridized carbons (Fsp3) is 0.579. The third-order valence-electron chi connectivity index (χ3n) is 3.13. The summed E-state index contributed by atoms with van der Waals surface area (Å²) in [5.41, 5.74) is 0.586. The Morgan fingerprint density at radius 2 is 1.64 bits per heavy atom. The molecule has 0 saturated heterocycles. The predicted molar refractivity (Wildman–Crippen MR) is 97.6 cm³/mol. The number of rotatable bonds is 5. The molecule has 3 N–H and O–H groups in total. The van der Waals surface area contributed by atoms with Gasteiger partial charge in [-0.05, 0) is 65.7 Å². The molecule has 0 saturated carbocycles. The number of hydrogen-bond acceptors (Lipinski definition) is 4. The standard InChI is InChI=1S/C19H30N2O4/c1-18(2,3)21-16(23)14-9-7-13(8-10-14)11-15(12-22)20-17(24)25-19(4,5)6/h7-10,15,22H,11-12H2,1-6H3,(H,20,24)(H,21,23). The Morgan fingerprint density at radius 3 is 2.08 bits per heavy atom. The highest BCUT2D eigenvalue weighted by atomic mass is 16.6. The molecule has 2 amide bonds. The zero-order chi connectivity index (χ0) is 19.3. The summed E-state index contributed by atoms with van der Waals surface area (Å²) in [5.74, 6) is -0.135. The van der Waals surface area contributed by atoms with E-state index in [1.54, 1.807) is 32.9 Å². The Morgan fingerprint density at radius 1 is 1.08 bits per heavy atom. The van der Waals surface area contributed by atoms with Gasteiger partial charge in [-0.3, -0.25) is 4.79 Å². The summed E-state index contributed by atoms with van der Waals surface area (Å²) in [6.07, 6.45) is -0.121. The number of benzene rings is 1. The first-order chi connectivity index (χ1) is 11.4. The lowest BCUT2D eigenvalue weighted by atomic mass is 10.0. The Bertz CT molecular complexity index is 583. The molecule has 0 spiro atoms. The van der Waals surface area contributed by atoms with Gasteiger partial charge in [0, 0.05) is 11.1 Å². The van der Waals surface area contributed by atoms with Crippen LogP contribution in [0.3, 0.4) is 0 Å². The first kappa shape index (κ1) is 21.0. The Kier molecular flexibility index (Phi) is 6.99. The molecule has 25 heavy (non-hydrogen) atoms. The number of carbonyl (C=O) groups excluding carboxylic acids is 2. The zero-order valence-corrected chi connectivity index (χ0v) is 16.0. The van der Waals surface area contributed by atoms with Crippen molar-refractivity contribution >= 4 is 12.0 Å². The van der Waals surface area contributed by atoms with Crippen LogP contribution in [0.25, 0.3) is 0 Å². The van der Waals surface area contributed by atoms with E-state index in [9.17, 15) is 14.7 Å². The van der Waals surface area contributed by atoms with Gasteiger partial charge in [-0.25, -0.2) is 4.79 Å². The second-order valence-electron chi connectivity index (χ2n) is 8.13. The van der Waals surface area contributed by atoms with Gasteiger partial charge in [0.05, 0.1) is 12.6 Å². The van der Waals surface area contributed by atoms with Crippen LogP contribution < -0.4 is 10.6 Å². The third kappa shape index (κ3) is 8.54. The second-order valence-corrected chi connectivity index (χ2v) is 8.13. The van der Waals surface area contributed by atoms with Crippen LogP contribution in [0.1, 0.15) is 57.5 Å². The number of carbonyl (C=O) groups is 2. The van der Waals surface area contributed by atoms with Crippen molar-refractivity contribution in [1.29, 1.82) is 0 Å². The number of aliphatic hydroxyl groups excluding tert-OH is 1. The van der Waals surface area contributed by atoms with E-state index in [0.29, 0.717) is 12.0 Å². The second kappa shape index (κ2) is 8.34. The molecular formula is C19H30N2O4. The molecular weight excluding hydrogens is 320 g/mol. The van der Waals surface area contributed by atoms with Crippen molar-refractivity contribution < 1.29 is 19.4 Å². The maximum atomic E-state index is 12.1. The number of nitrogens with one attached hydrogen (secondary N) is 2. The average molecular weight is 350 g/mol. The molecule has 0 fully saturated rings. The van der Waals surface area contributed by atoms with Crippen molar-refractivity contribution in [2.75, 3.05) is 6.61 Å². The molecule has 0 heterocycles. The lowest BCUT2D eigenvalue weighted by Crippen LogP contribution is -2.42. The van der Waals surface area contributed by atoms with Gasteiger partial charge < -0.3 is 20.5 Å². The first-order valence-corrected chi connectivity index (χ1v) is 8.41. The zero-order valence-electron chi connectivity index (χ0n) is 16.0. The molecule has 140 valence electrons. The molecule has 1 aromatic rings. The Balaban J connectivity index is 2.66. The van der Waals surface area contributed by atoms with Crippen molar-refractivity contribution in [1.82, 2.24) is 10.6 Å². The van der Waals surface area contributed by atoms with Crippen molar-refractivity contribution in [3.05, 3.63) is 35.4 Å². The van der Waals surface area contributed by atoms with Crippen LogP contribution in [-0.4, -0.2) is 40.9 Å². The SMILES string of the molecule is CC(C)(C)NC(=O)c1ccc(CC(CO)NC(=O)OC(C)(C)C)cc1. The van der Waals surface area contributed by atoms with Gasteiger partial charge in [-0.15, -0.1) is 0 Å². The normalized spacial score (nSPS) is 13.1. The molecule has 0 aliphatic heterocycles. The lowest BCUT2D eigenvalue weighted by molar-refractivity contribution is 0.0482. The maximum absolute atomic E-state index is 12.1. The van der Waals surface area contributed by atoms with E-state index >= 15 is 0 Å². The fourth-order valence-electron chi connectivity index (χ4n) is 2.12. The largest absolute Gasteiger partial charge is 0.444 e. The number of amides is 2. The van der Waals surface area contributed by atoms with Crippen LogP contribution in [-0.2, 0) is 11.2 Å². The van der Waals surface area contributed by atoms with Crippen molar-refractivity contribution in [2.24, 2.45) is 0 Å². The number of alkyl carbamates (subject to hydrolysis) is 1. The summed E-state index contributed by atoms with van der Waals surface area (Å²) in [4.78, 5) is 23.9. The van der Waals surface area contributed by atoms with Crippen molar-refractivity contribution in [3.63, 3.8) is 0 Å². The van der Waals surface area contributed by atoms with Gasteiger partial charge in [0.25, 0.3) is 5.91 Å². The fourth-order valence-corrected chi connectivity index (χ4v) is 2.12. The van der Waals surface area contributed by atoms with Gasteiger partial charge in [0.1, 0.15) is 5.60 Å². The number of ether oxygens (including phenoxy) is 1. The Hall–Kier alpha value is -2.08. The van der Waals surface area contributed by atoms with Crippen molar-refractivity contribution in [2.45, 2.75) is 65.1 Å². The van der Waals surface area contributed by atoms with E-state index < -0.39 is 17.7 Å². The molecule has 0 radical (unpaired) electrons. The van der Waals surface area contributed by atoms with E-state index in [-0.39, 0.29) is 18.1 Å². The van der Waals surface area contributed by atoms with Crippen LogP contribution in [0.2, 0.25) is 0 Å². The molecule has 0 aliphatic carbocycles. The van der Waals surface area contributed by atoms with Gasteiger partial charge in [0.2, 0.25) is 0 Å². The molecule has 0 aliphatic rings. The van der Waals surface area contributed by atoms with Crippen LogP contribution in [0, 0.1) is 0 Å². The summed E-state index contributed by atoms with van der Waals surface area (Å²) in [5, 5.41) is 15.0. The van der Waals surface area contributed by atoms with Crippen LogP contribution >= 0.6 is 0 Å². The Labute approximate surface area is 150 Å². The third-order valence-corrected chi connectivity index (χ3v) is 3.13. The minimum Gasteiger partial charge on any atom is -0.444 e. The lowest BCUT2D eigenvalue weighted by Gasteiger charge is -2.23. The topological polar surface area (TPSA) is 87.7 Å². The smallest absolute Gasteiger partial charge is 0.407 e. The maximum Gasteiger partial charge on any atom is 0.407 e. The predicted octanol–water partition coefficient (Wildman–Crippen LogP) is 2.64. The van der Waals surface area contributed by atoms with Crippen molar-refractivity contribution in [3.8, 4) is 0 Å². The van der Waals surface area contributed by atoms with Crippen LogP contribution in [0.4, 0.5) is 4.79 Å². The van der Waals surface area contributed by atoms with Gasteiger partial charge in [-0.1, -0.05) is 12.1 Å². The summed E-state index contributed by atoms with van der Waals surface area (Å²) in [6.45, 7) is 10.9. The molecule has 6 nitrogen and oxygen atoms in total. The highest BCUT2D eigenvalue weighted by Crippen LogP contribution is 2.11. The van der Waals surface area contributed by atoms with Gasteiger partial charge in [0.15, 0.2) is 0 Å². The van der Waals surface area contributed by atoms with Gasteiger partial charge in [-0.2, -0.15) is 0 Å². The number of aliphatic hydroxyl groups is 1. The average Bonchev–Trinajstić information content (AvgIpc) is 2.43. The first-order valence-electron chi connectivity index (χ1n) is 8.41. The summed E-state index contributed by atoms with van der Waals surface area (Å²) in [7, 11) is 0. The summed E-state index contributed by atoms with van der Waals surface area (Å²) < 4.78 is 5.19. The highest BCUT2D eigenvalue weighted by molar-refractivity contribution is 5.94. The highest BCUT2D eigenvalue weighted by Gasteiger charge is 2.20. The van der Waals surface area contributed by atoms with Crippen LogP contribution in [0.15, 0.2) is 24.3 Å². The number of hydrogen-bond donors (Lipinski definition) is 3. The minimum absolute atomic E-state index is 0.135. The van der Waals surface area contributed by atoms with E-state index in [2.05, 4.69) is 10.6 Å². The summed E-state index contributed by atoms with van der Waals surface area (Å²) in [6, 6.07) is 6.65. The molecule has 1 atom stereocenters. The quantitative estimate of drug-likeness (QED) is 0.762. The van der Waals surface area contributed by atoms with Gasteiger partial charge >= 0.3 is 6.09 Å². The van der Waals surface area contributed by atoms with E-state index in [0.717, 1.165) is 5.56 Å². The molecule has 0 bridgehead atoms. The molecule has 1 rings (SSSR count). The molecule has 6 heteroatoms. The monoisotopic (exact) mass is 350 g/mol. The molecule has 0 aromatic heterocycles. The minimum atomic E-state index is -0.591. The van der Waals surface area contributed by atoms with E-state index in [4.69, 9.17) is 4.74 Å². The van der Waals surface area contributed by atoms with E-state index in [1.807, 2.05) is 32.9 Å². The molecule has 1 aromatic carbocycles.